The van der Waals surface area contributed by atoms with Crippen LogP contribution >= 0.6 is 11.8 Å². The molecule has 4 heteroatoms. The number of carbonyl (C=O) groups excluding carboxylic acids is 1. The van der Waals surface area contributed by atoms with Crippen molar-refractivity contribution in [2.24, 2.45) is 10.9 Å². The molecule has 1 aromatic rings. The molecule has 2 aliphatic rings. The highest BCUT2D eigenvalue weighted by molar-refractivity contribution is 8.14. The first kappa shape index (κ1) is 15.6. The molecule has 1 saturated heterocycles. The van der Waals surface area contributed by atoms with Crippen LogP contribution in [0, 0.1) is 19.8 Å². The summed E-state index contributed by atoms with van der Waals surface area (Å²) in [5.74, 6) is 1.39. The maximum Gasteiger partial charge on any atom is 0.232 e. The molecule has 0 atom stereocenters. The molecule has 1 amide bonds. The van der Waals surface area contributed by atoms with E-state index in [0.29, 0.717) is 0 Å². The second-order valence-corrected chi connectivity index (χ2v) is 7.98. The number of carbonyl (C=O) groups is 1. The Balaban J connectivity index is 1.97. The quantitative estimate of drug-likeness (QED) is 0.808. The number of amides is 1. The van der Waals surface area contributed by atoms with Crippen molar-refractivity contribution in [2.45, 2.75) is 52.5 Å². The summed E-state index contributed by atoms with van der Waals surface area (Å²) in [6, 6.07) is 6.21. The third-order valence-electron chi connectivity index (χ3n) is 4.67. The first-order valence-corrected chi connectivity index (χ1v) is 9.00. The number of hydrogen-bond acceptors (Lipinski definition) is 3. The molecule has 118 valence electrons. The standard InChI is InChI=1S/C18H24N2OS/c1-12-7-5-8-13(2)15(12)19-17-20(18(3,4)11-22-17)16(21)14-9-6-10-14/h5,7-8,14H,6,9-11H2,1-4H3. The van der Waals surface area contributed by atoms with Gasteiger partial charge >= 0.3 is 0 Å². The minimum atomic E-state index is -0.146. The molecule has 0 aromatic heterocycles. The predicted molar refractivity (Wildman–Crippen MR) is 93.7 cm³/mol. The van der Waals surface area contributed by atoms with Gasteiger partial charge in [0.05, 0.1) is 11.2 Å². The maximum atomic E-state index is 12.8. The van der Waals surface area contributed by atoms with Crippen LogP contribution in [0.3, 0.4) is 0 Å². The molecule has 1 heterocycles. The summed E-state index contributed by atoms with van der Waals surface area (Å²) in [6.07, 6.45) is 3.25. The SMILES string of the molecule is Cc1cccc(C)c1N=C1SCC(C)(C)N1C(=O)C1CCC1. The molecule has 1 aliphatic carbocycles. The zero-order chi connectivity index (χ0) is 15.9. The molecule has 22 heavy (non-hydrogen) atoms. The van der Waals surface area contributed by atoms with Crippen molar-refractivity contribution in [3.05, 3.63) is 29.3 Å². The lowest BCUT2D eigenvalue weighted by Crippen LogP contribution is -2.50. The average Bonchev–Trinajstić information content (AvgIpc) is 2.67. The van der Waals surface area contributed by atoms with Gasteiger partial charge in [0.2, 0.25) is 5.91 Å². The van der Waals surface area contributed by atoms with E-state index in [0.717, 1.165) is 40.6 Å². The topological polar surface area (TPSA) is 32.7 Å². The molecule has 0 unspecified atom stereocenters. The van der Waals surface area contributed by atoms with Gasteiger partial charge in [0, 0.05) is 11.7 Å². The lowest BCUT2D eigenvalue weighted by Gasteiger charge is -2.36. The summed E-state index contributed by atoms with van der Waals surface area (Å²) in [5.41, 5.74) is 3.18. The summed E-state index contributed by atoms with van der Waals surface area (Å²) >= 11 is 1.71. The molecule has 0 spiro atoms. The van der Waals surface area contributed by atoms with Crippen molar-refractivity contribution in [2.75, 3.05) is 5.75 Å². The molecule has 3 rings (SSSR count). The van der Waals surface area contributed by atoms with Crippen LogP contribution in [0.1, 0.15) is 44.2 Å². The lowest BCUT2D eigenvalue weighted by molar-refractivity contribution is -0.136. The normalized spacial score (nSPS) is 22.9. The number of para-hydroxylation sites is 1. The van der Waals surface area contributed by atoms with Crippen molar-refractivity contribution in [1.29, 1.82) is 0 Å². The van der Waals surface area contributed by atoms with Gasteiger partial charge in [-0.15, -0.1) is 0 Å². The predicted octanol–water partition coefficient (Wildman–Crippen LogP) is 4.45. The molecule has 0 N–H and O–H groups in total. The number of thioether (sulfide) groups is 1. The summed E-state index contributed by atoms with van der Waals surface area (Å²) in [4.78, 5) is 19.7. The van der Waals surface area contributed by atoms with E-state index in [-0.39, 0.29) is 17.4 Å². The Labute approximate surface area is 137 Å². The Morgan fingerprint density at radius 3 is 2.45 bits per heavy atom. The zero-order valence-corrected chi connectivity index (χ0v) is 14.7. The highest BCUT2D eigenvalue weighted by Crippen LogP contribution is 2.39. The highest BCUT2D eigenvalue weighted by Gasteiger charge is 2.44. The minimum absolute atomic E-state index is 0.146. The molecular formula is C18H24N2OS. The van der Waals surface area contributed by atoms with Gasteiger partial charge in [0.1, 0.15) is 0 Å². The highest BCUT2D eigenvalue weighted by atomic mass is 32.2. The number of hydrogen-bond donors (Lipinski definition) is 0. The van der Waals surface area contributed by atoms with Gasteiger partial charge in [-0.25, -0.2) is 4.99 Å². The number of benzene rings is 1. The van der Waals surface area contributed by atoms with Crippen molar-refractivity contribution in [1.82, 2.24) is 4.90 Å². The average molecular weight is 316 g/mol. The van der Waals surface area contributed by atoms with Crippen molar-refractivity contribution < 1.29 is 4.79 Å². The third kappa shape index (κ3) is 2.69. The second kappa shape index (κ2) is 5.73. The Morgan fingerprint density at radius 2 is 1.91 bits per heavy atom. The Morgan fingerprint density at radius 1 is 1.27 bits per heavy atom. The first-order chi connectivity index (χ1) is 10.4. The van der Waals surface area contributed by atoms with Crippen molar-refractivity contribution in [3.63, 3.8) is 0 Å². The Hall–Kier alpha value is -1.29. The molecule has 1 aliphatic heterocycles. The second-order valence-electron chi connectivity index (χ2n) is 7.04. The number of amidine groups is 1. The van der Waals surface area contributed by atoms with Gasteiger partial charge in [-0.1, -0.05) is 36.4 Å². The third-order valence-corrected chi connectivity index (χ3v) is 6.06. The molecule has 1 saturated carbocycles. The number of nitrogens with zero attached hydrogens (tertiary/aromatic N) is 2. The fourth-order valence-corrected chi connectivity index (χ4v) is 4.25. The number of aliphatic imine (C=N–C) groups is 1. The van der Waals surface area contributed by atoms with Crippen LogP contribution in [-0.2, 0) is 4.79 Å². The van der Waals surface area contributed by atoms with E-state index in [1.807, 2.05) is 4.90 Å². The van der Waals surface area contributed by atoms with E-state index in [1.54, 1.807) is 11.8 Å². The Bertz CT molecular complexity index is 612. The van der Waals surface area contributed by atoms with Gasteiger partial charge < -0.3 is 0 Å². The van der Waals surface area contributed by atoms with E-state index in [4.69, 9.17) is 4.99 Å². The summed E-state index contributed by atoms with van der Waals surface area (Å²) in [5, 5.41) is 0.874. The monoisotopic (exact) mass is 316 g/mol. The smallest absolute Gasteiger partial charge is 0.232 e. The first-order valence-electron chi connectivity index (χ1n) is 8.02. The molecule has 1 aromatic carbocycles. The van der Waals surface area contributed by atoms with E-state index in [2.05, 4.69) is 45.9 Å². The van der Waals surface area contributed by atoms with Crippen LogP contribution in [0.15, 0.2) is 23.2 Å². The molecule has 0 bridgehead atoms. The fraction of sp³-hybridized carbons (Fsp3) is 0.556. The van der Waals surface area contributed by atoms with Crippen LogP contribution in [0.25, 0.3) is 0 Å². The van der Waals surface area contributed by atoms with Crippen LogP contribution in [0.4, 0.5) is 5.69 Å². The van der Waals surface area contributed by atoms with Crippen LogP contribution < -0.4 is 0 Å². The molecule has 0 radical (unpaired) electrons. The van der Waals surface area contributed by atoms with Gasteiger partial charge in [-0.05, 0) is 51.7 Å². The van der Waals surface area contributed by atoms with Gasteiger partial charge in [-0.3, -0.25) is 9.69 Å². The van der Waals surface area contributed by atoms with Gasteiger partial charge in [0.15, 0.2) is 5.17 Å². The van der Waals surface area contributed by atoms with Crippen LogP contribution in [-0.4, -0.2) is 27.3 Å². The van der Waals surface area contributed by atoms with E-state index < -0.39 is 0 Å². The lowest BCUT2D eigenvalue weighted by atomic mass is 9.83. The molecule has 2 fully saturated rings. The van der Waals surface area contributed by atoms with Gasteiger partial charge in [0.25, 0.3) is 0 Å². The van der Waals surface area contributed by atoms with Crippen molar-refractivity contribution in [3.8, 4) is 0 Å². The van der Waals surface area contributed by atoms with E-state index >= 15 is 0 Å². The maximum absolute atomic E-state index is 12.8. The minimum Gasteiger partial charge on any atom is -0.285 e. The zero-order valence-electron chi connectivity index (χ0n) is 13.8. The number of rotatable bonds is 2. The molecular weight excluding hydrogens is 292 g/mol. The van der Waals surface area contributed by atoms with E-state index in [1.165, 1.54) is 6.42 Å². The molecule has 3 nitrogen and oxygen atoms in total. The van der Waals surface area contributed by atoms with Crippen LogP contribution in [0.2, 0.25) is 0 Å². The number of aryl methyl sites for hydroxylation is 2. The largest absolute Gasteiger partial charge is 0.285 e. The Kier molecular flexibility index (Phi) is 4.06. The van der Waals surface area contributed by atoms with Crippen LogP contribution in [0.5, 0.6) is 0 Å². The summed E-state index contributed by atoms with van der Waals surface area (Å²) in [6.45, 7) is 8.44. The summed E-state index contributed by atoms with van der Waals surface area (Å²) < 4.78 is 0. The van der Waals surface area contributed by atoms with Crippen molar-refractivity contribution >= 4 is 28.5 Å². The van der Waals surface area contributed by atoms with Gasteiger partial charge in [-0.2, -0.15) is 0 Å². The summed E-state index contributed by atoms with van der Waals surface area (Å²) in [7, 11) is 0. The fourth-order valence-electron chi connectivity index (χ4n) is 3.02. The van der Waals surface area contributed by atoms with E-state index in [9.17, 15) is 4.79 Å².